The zero-order chi connectivity index (χ0) is 16.2. The predicted octanol–water partition coefficient (Wildman–Crippen LogP) is 2.91. The third-order valence-corrected chi connectivity index (χ3v) is 2.84. The summed E-state index contributed by atoms with van der Waals surface area (Å²) >= 11 is 0. The second-order valence-electron chi connectivity index (χ2n) is 5.54. The van der Waals surface area contributed by atoms with Crippen LogP contribution in [0.1, 0.15) is 31.1 Å². The highest BCUT2D eigenvalue weighted by Gasteiger charge is 2.26. The van der Waals surface area contributed by atoms with Crippen molar-refractivity contribution in [2.45, 2.75) is 26.3 Å². The van der Waals surface area contributed by atoms with E-state index in [-0.39, 0.29) is 17.0 Å². The molecule has 1 aromatic carbocycles. The number of carbonyl (C=O) groups excluding carboxylic acids is 1. The number of anilines is 1. The van der Waals surface area contributed by atoms with Gasteiger partial charge in [0.25, 0.3) is 0 Å². The number of aromatic carboxylic acids is 1. The van der Waals surface area contributed by atoms with Crippen molar-refractivity contribution in [1.82, 2.24) is 4.90 Å². The molecule has 0 fully saturated rings. The van der Waals surface area contributed by atoms with Crippen LogP contribution < -0.4 is 5.32 Å². The highest BCUT2D eigenvalue weighted by molar-refractivity contribution is 6.00. The van der Waals surface area contributed by atoms with Gasteiger partial charge in [-0.15, -0.1) is 6.58 Å². The smallest absolute Gasteiger partial charge is 0.337 e. The second-order valence-corrected chi connectivity index (χ2v) is 5.54. The van der Waals surface area contributed by atoms with Gasteiger partial charge in [0, 0.05) is 12.1 Å². The highest BCUT2D eigenvalue weighted by Crippen LogP contribution is 2.23. The van der Waals surface area contributed by atoms with E-state index in [0.29, 0.717) is 6.54 Å². The molecule has 0 heterocycles. The molecule has 0 aromatic heterocycles. The molecule has 0 aliphatic rings. The summed E-state index contributed by atoms with van der Waals surface area (Å²) in [7, 11) is 0. The number of carboxylic acids is 1. The Morgan fingerprint density at radius 3 is 2.48 bits per heavy atom. The van der Waals surface area contributed by atoms with Crippen LogP contribution in [0.5, 0.6) is 5.75 Å². The first-order valence-electron chi connectivity index (χ1n) is 6.42. The number of carbonyl (C=O) groups is 2. The van der Waals surface area contributed by atoms with Crippen LogP contribution in [0.3, 0.4) is 0 Å². The fourth-order valence-electron chi connectivity index (χ4n) is 1.79. The third-order valence-electron chi connectivity index (χ3n) is 2.84. The van der Waals surface area contributed by atoms with E-state index in [1.807, 2.05) is 20.8 Å². The molecule has 1 rings (SSSR count). The third kappa shape index (κ3) is 4.24. The van der Waals surface area contributed by atoms with Crippen molar-refractivity contribution >= 4 is 17.7 Å². The number of hydrogen-bond donors (Lipinski definition) is 3. The van der Waals surface area contributed by atoms with Crippen molar-refractivity contribution in [3.8, 4) is 5.75 Å². The van der Waals surface area contributed by atoms with Gasteiger partial charge in [0.15, 0.2) is 0 Å². The summed E-state index contributed by atoms with van der Waals surface area (Å²) in [6.07, 6.45) is 1.60. The number of nitrogens with zero attached hydrogens (tertiary/aromatic N) is 1. The molecule has 0 bridgehead atoms. The van der Waals surface area contributed by atoms with E-state index >= 15 is 0 Å². The van der Waals surface area contributed by atoms with Gasteiger partial charge in [-0.3, -0.25) is 0 Å². The van der Waals surface area contributed by atoms with E-state index in [9.17, 15) is 14.7 Å². The molecular weight excluding hydrogens is 272 g/mol. The molecule has 0 aliphatic heterocycles. The van der Waals surface area contributed by atoms with E-state index in [0.717, 1.165) is 6.07 Å². The van der Waals surface area contributed by atoms with Crippen molar-refractivity contribution in [1.29, 1.82) is 0 Å². The number of nitrogens with one attached hydrogen (secondary N) is 1. The summed E-state index contributed by atoms with van der Waals surface area (Å²) in [6.45, 7) is 9.54. The number of carboxylic acid groups (broad SMARTS) is 1. The summed E-state index contributed by atoms with van der Waals surface area (Å²) in [5, 5.41) is 21.0. The SMILES string of the molecule is C=CCN(C(=O)Nc1ccc(O)cc1C(=O)O)C(C)(C)C. The monoisotopic (exact) mass is 292 g/mol. The Bertz CT molecular complexity index is 561. The minimum absolute atomic E-state index is 0.128. The van der Waals surface area contributed by atoms with Gasteiger partial charge in [0.2, 0.25) is 0 Å². The zero-order valence-electron chi connectivity index (χ0n) is 12.4. The molecule has 0 aliphatic carbocycles. The topological polar surface area (TPSA) is 89.9 Å². The molecule has 2 amide bonds. The van der Waals surface area contributed by atoms with Crippen molar-refractivity contribution in [2.75, 3.05) is 11.9 Å². The lowest BCUT2D eigenvalue weighted by Gasteiger charge is -2.35. The summed E-state index contributed by atoms with van der Waals surface area (Å²) < 4.78 is 0. The molecule has 0 unspecified atom stereocenters. The summed E-state index contributed by atoms with van der Waals surface area (Å²) in [5.74, 6) is -1.41. The van der Waals surface area contributed by atoms with Crippen LogP contribution in [-0.4, -0.2) is 39.2 Å². The molecule has 0 saturated heterocycles. The number of benzene rings is 1. The fourth-order valence-corrected chi connectivity index (χ4v) is 1.79. The van der Waals surface area contributed by atoms with E-state index in [2.05, 4.69) is 11.9 Å². The average molecular weight is 292 g/mol. The second kappa shape index (κ2) is 6.30. The summed E-state index contributed by atoms with van der Waals surface area (Å²) in [4.78, 5) is 25.0. The summed E-state index contributed by atoms with van der Waals surface area (Å²) in [6, 6.07) is 3.32. The maximum atomic E-state index is 12.3. The lowest BCUT2D eigenvalue weighted by atomic mass is 10.1. The van der Waals surface area contributed by atoms with Crippen molar-refractivity contribution in [3.05, 3.63) is 36.4 Å². The number of aromatic hydroxyl groups is 1. The van der Waals surface area contributed by atoms with Crippen LogP contribution in [-0.2, 0) is 0 Å². The van der Waals surface area contributed by atoms with Gasteiger partial charge in [0.05, 0.1) is 11.3 Å². The molecular formula is C15H20N2O4. The number of phenolic OH excluding ortho intramolecular Hbond substituents is 1. The van der Waals surface area contributed by atoms with E-state index < -0.39 is 17.5 Å². The molecule has 0 spiro atoms. The fraction of sp³-hybridized carbons (Fsp3) is 0.333. The van der Waals surface area contributed by atoms with Gasteiger partial charge in [-0.05, 0) is 39.0 Å². The first kappa shape index (κ1) is 16.6. The largest absolute Gasteiger partial charge is 0.508 e. The Balaban J connectivity index is 3.07. The number of phenols is 1. The first-order valence-corrected chi connectivity index (χ1v) is 6.42. The Hall–Kier alpha value is -2.50. The molecule has 21 heavy (non-hydrogen) atoms. The number of rotatable bonds is 4. The molecule has 6 heteroatoms. The van der Waals surface area contributed by atoms with Crippen LogP contribution >= 0.6 is 0 Å². The van der Waals surface area contributed by atoms with Crippen LogP contribution in [0.4, 0.5) is 10.5 Å². The van der Waals surface area contributed by atoms with Crippen molar-refractivity contribution < 1.29 is 19.8 Å². The first-order chi connectivity index (χ1) is 9.66. The highest BCUT2D eigenvalue weighted by atomic mass is 16.4. The van der Waals surface area contributed by atoms with Crippen molar-refractivity contribution in [3.63, 3.8) is 0 Å². The van der Waals surface area contributed by atoms with Gasteiger partial charge in [-0.2, -0.15) is 0 Å². The Kier molecular flexibility index (Phi) is 4.97. The molecule has 114 valence electrons. The zero-order valence-corrected chi connectivity index (χ0v) is 12.4. The Morgan fingerprint density at radius 2 is 2.00 bits per heavy atom. The minimum atomic E-state index is -1.23. The number of hydrogen-bond acceptors (Lipinski definition) is 3. The molecule has 1 aromatic rings. The minimum Gasteiger partial charge on any atom is -0.508 e. The van der Waals surface area contributed by atoms with Crippen LogP contribution in [0, 0.1) is 0 Å². The number of amides is 2. The van der Waals surface area contributed by atoms with E-state index in [1.54, 1.807) is 6.08 Å². The van der Waals surface area contributed by atoms with Crippen LogP contribution in [0.15, 0.2) is 30.9 Å². The van der Waals surface area contributed by atoms with Gasteiger partial charge >= 0.3 is 12.0 Å². The molecule has 0 atom stereocenters. The number of urea groups is 1. The summed E-state index contributed by atoms with van der Waals surface area (Å²) in [5.41, 5.74) is -0.488. The van der Waals surface area contributed by atoms with Crippen molar-refractivity contribution in [2.24, 2.45) is 0 Å². The lowest BCUT2D eigenvalue weighted by Crippen LogP contribution is -2.47. The quantitative estimate of drug-likeness (QED) is 0.588. The maximum absolute atomic E-state index is 12.3. The standard InChI is InChI=1S/C15H20N2O4/c1-5-8-17(15(2,3)4)14(21)16-12-7-6-10(18)9-11(12)13(19)20/h5-7,9,18H,1,8H2,2-4H3,(H,16,21)(H,19,20). The van der Waals surface area contributed by atoms with E-state index in [4.69, 9.17) is 5.11 Å². The molecule has 0 radical (unpaired) electrons. The van der Waals surface area contributed by atoms with Crippen LogP contribution in [0.2, 0.25) is 0 Å². The lowest BCUT2D eigenvalue weighted by molar-refractivity contribution is 0.0697. The van der Waals surface area contributed by atoms with Gasteiger partial charge in [-0.25, -0.2) is 9.59 Å². The maximum Gasteiger partial charge on any atom is 0.337 e. The van der Waals surface area contributed by atoms with E-state index in [1.165, 1.54) is 17.0 Å². The Morgan fingerprint density at radius 1 is 1.38 bits per heavy atom. The molecule has 0 saturated carbocycles. The Labute approximate surface area is 123 Å². The van der Waals surface area contributed by atoms with Gasteiger partial charge in [0.1, 0.15) is 5.75 Å². The van der Waals surface area contributed by atoms with Crippen LogP contribution in [0.25, 0.3) is 0 Å². The van der Waals surface area contributed by atoms with Gasteiger partial charge < -0.3 is 20.4 Å². The predicted molar refractivity (Wildman–Crippen MR) is 80.7 cm³/mol. The molecule has 6 nitrogen and oxygen atoms in total. The molecule has 3 N–H and O–H groups in total. The van der Waals surface area contributed by atoms with Gasteiger partial charge in [-0.1, -0.05) is 6.08 Å². The average Bonchev–Trinajstić information content (AvgIpc) is 2.36. The normalized spacial score (nSPS) is 10.8.